The lowest BCUT2D eigenvalue weighted by Crippen LogP contribution is -2.30. The molecule has 1 atom stereocenters. The summed E-state index contributed by atoms with van der Waals surface area (Å²) < 4.78 is 5.12. The van der Waals surface area contributed by atoms with Crippen LogP contribution in [0.15, 0.2) is 47.4 Å². The maximum atomic E-state index is 12.2. The SMILES string of the molecule is COc1ccc(S[C@H](C)C(=O)NCc2ccc(Cl)cc2Cl)cc1. The van der Waals surface area contributed by atoms with Gasteiger partial charge in [0.05, 0.1) is 12.4 Å². The monoisotopic (exact) mass is 369 g/mol. The van der Waals surface area contributed by atoms with Crippen LogP contribution in [0.2, 0.25) is 10.0 Å². The van der Waals surface area contributed by atoms with E-state index in [1.807, 2.05) is 37.3 Å². The van der Waals surface area contributed by atoms with Gasteiger partial charge in [-0.25, -0.2) is 0 Å². The van der Waals surface area contributed by atoms with E-state index >= 15 is 0 Å². The number of rotatable bonds is 6. The third-order valence-electron chi connectivity index (χ3n) is 3.21. The van der Waals surface area contributed by atoms with Crippen LogP contribution in [0.5, 0.6) is 5.75 Å². The Morgan fingerprint density at radius 3 is 2.52 bits per heavy atom. The van der Waals surface area contributed by atoms with Gasteiger partial charge in [0.1, 0.15) is 5.75 Å². The number of methoxy groups -OCH3 is 1. The molecule has 0 saturated carbocycles. The molecule has 0 aromatic heterocycles. The Hall–Kier alpha value is -1.36. The van der Waals surface area contributed by atoms with Crippen molar-refractivity contribution in [2.24, 2.45) is 0 Å². The number of carbonyl (C=O) groups excluding carboxylic acids is 1. The second kappa shape index (κ2) is 8.48. The van der Waals surface area contributed by atoms with Gasteiger partial charge in [-0.05, 0) is 48.9 Å². The Morgan fingerprint density at radius 2 is 1.91 bits per heavy atom. The highest BCUT2D eigenvalue weighted by Crippen LogP contribution is 2.26. The van der Waals surface area contributed by atoms with Crippen molar-refractivity contribution in [3.63, 3.8) is 0 Å². The summed E-state index contributed by atoms with van der Waals surface area (Å²) in [5.41, 5.74) is 0.839. The van der Waals surface area contributed by atoms with E-state index in [4.69, 9.17) is 27.9 Å². The highest BCUT2D eigenvalue weighted by atomic mass is 35.5. The van der Waals surface area contributed by atoms with Gasteiger partial charge in [0.15, 0.2) is 0 Å². The summed E-state index contributed by atoms with van der Waals surface area (Å²) in [5, 5.41) is 3.80. The zero-order valence-corrected chi connectivity index (χ0v) is 15.1. The van der Waals surface area contributed by atoms with Gasteiger partial charge in [-0.2, -0.15) is 0 Å². The average molecular weight is 370 g/mol. The number of carbonyl (C=O) groups is 1. The molecule has 122 valence electrons. The molecule has 0 aliphatic heterocycles. The zero-order valence-electron chi connectivity index (χ0n) is 12.8. The van der Waals surface area contributed by atoms with Gasteiger partial charge < -0.3 is 10.1 Å². The minimum Gasteiger partial charge on any atom is -0.497 e. The normalized spacial score (nSPS) is 11.8. The molecule has 1 N–H and O–H groups in total. The van der Waals surface area contributed by atoms with Crippen LogP contribution in [-0.4, -0.2) is 18.3 Å². The molecule has 6 heteroatoms. The number of hydrogen-bond donors (Lipinski definition) is 1. The summed E-state index contributed by atoms with van der Waals surface area (Å²) in [6.45, 7) is 2.25. The quantitative estimate of drug-likeness (QED) is 0.743. The Morgan fingerprint density at radius 1 is 1.22 bits per heavy atom. The third kappa shape index (κ3) is 5.34. The molecule has 0 saturated heterocycles. The molecular formula is C17H17Cl2NO2S. The summed E-state index contributed by atoms with van der Waals surface area (Å²) >= 11 is 13.4. The summed E-state index contributed by atoms with van der Waals surface area (Å²) in [5.74, 6) is 0.751. The van der Waals surface area contributed by atoms with E-state index in [0.29, 0.717) is 16.6 Å². The first-order valence-electron chi connectivity index (χ1n) is 7.02. The Balaban J connectivity index is 1.89. The number of amides is 1. The highest BCUT2D eigenvalue weighted by Gasteiger charge is 2.14. The van der Waals surface area contributed by atoms with Gasteiger partial charge >= 0.3 is 0 Å². The van der Waals surface area contributed by atoms with Crippen molar-refractivity contribution in [2.75, 3.05) is 7.11 Å². The van der Waals surface area contributed by atoms with Crippen LogP contribution in [0.3, 0.4) is 0 Å². The van der Waals surface area contributed by atoms with E-state index in [1.54, 1.807) is 19.2 Å². The Bertz CT molecular complexity index is 677. The fourth-order valence-electron chi connectivity index (χ4n) is 1.90. The fraction of sp³-hybridized carbons (Fsp3) is 0.235. The number of thioether (sulfide) groups is 1. The van der Waals surface area contributed by atoms with E-state index in [2.05, 4.69) is 5.32 Å². The molecule has 0 aliphatic carbocycles. The first-order valence-corrected chi connectivity index (χ1v) is 8.65. The number of ether oxygens (including phenoxy) is 1. The maximum absolute atomic E-state index is 12.2. The van der Waals surface area contributed by atoms with Gasteiger partial charge in [-0.3, -0.25) is 4.79 Å². The lowest BCUT2D eigenvalue weighted by atomic mass is 10.2. The van der Waals surface area contributed by atoms with Crippen molar-refractivity contribution in [3.05, 3.63) is 58.1 Å². The second-order valence-electron chi connectivity index (χ2n) is 4.89. The van der Waals surface area contributed by atoms with Crippen LogP contribution in [0.25, 0.3) is 0 Å². The number of halogens is 2. The van der Waals surface area contributed by atoms with E-state index < -0.39 is 0 Å². The molecule has 0 aliphatic rings. The molecule has 0 bridgehead atoms. The predicted molar refractivity (Wildman–Crippen MR) is 96.6 cm³/mol. The molecule has 0 spiro atoms. The van der Waals surface area contributed by atoms with Gasteiger partial charge in [-0.1, -0.05) is 29.3 Å². The van der Waals surface area contributed by atoms with Crippen molar-refractivity contribution >= 4 is 40.9 Å². The van der Waals surface area contributed by atoms with E-state index in [0.717, 1.165) is 16.2 Å². The topological polar surface area (TPSA) is 38.3 Å². The van der Waals surface area contributed by atoms with Crippen molar-refractivity contribution in [3.8, 4) is 5.75 Å². The van der Waals surface area contributed by atoms with Gasteiger partial charge in [0, 0.05) is 21.5 Å². The average Bonchev–Trinajstić information content (AvgIpc) is 2.54. The first-order chi connectivity index (χ1) is 11.0. The van der Waals surface area contributed by atoms with Crippen molar-refractivity contribution in [1.82, 2.24) is 5.32 Å². The molecule has 2 aromatic rings. The first kappa shape index (κ1) is 18.0. The lowest BCUT2D eigenvalue weighted by Gasteiger charge is -2.13. The van der Waals surface area contributed by atoms with Crippen LogP contribution >= 0.6 is 35.0 Å². The van der Waals surface area contributed by atoms with Crippen LogP contribution in [0.4, 0.5) is 0 Å². The third-order valence-corrected chi connectivity index (χ3v) is 4.91. The second-order valence-corrected chi connectivity index (χ2v) is 7.15. The van der Waals surface area contributed by atoms with Gasteiger partial charge in [-0.15, -0.1) is 11.8 Å². The highest BCUT2D eigenvalue weighted by molar-refractivity contribution is 8.00. The molecule has 2 aromatic carbocycles. The standard InChI is InChI=1S/C17H17Cl2NO2S/c1-11(23-15-7-5-14(22-2)6-8-15)17(21)20-10-12-3-4-13(18)9-16(12)19/h3-9,11H,10H2,1-2H3,(H,20,21)/t11-/m1/s1. The molecule has 0 fully saturated rings. The number of benzene rings is 2. The summed E-state index contributed by atoms with van der Waals surface area (Å²) in [6.07, 6.45) is 0. The fourth-order valence-corrected chi connectivity index (χ4v) is 3.27. The van der Waals surface area contributed by atoms with E-state index in [1.165, 1.54) is 11.8 Å². The molecule has 0 radical (unpaired) electrons. The van der Waals surface area contributed by atoms with Gasteiger partial charge in [0.2, 0.25) is 5.91 Å². The molecule has 0 heterocycles. The number of nitrogens with one attached hydrogen (secondary N) is 1. The zero-order chi connectivity index (χ0) is 16.8. The molecule has 3 nitrogen and oxygen atoms in total. The van der Waals surface area contributed by atoms with Crippen molar-refractivity contribution in [2.45, 2.75) is 23.6 Å². The Labute approximate surface area is 150 Å². The number of hydrogen-bond acceptors (Lipinski definition) is 3. The van der Waals surface area contributed by atoms with Crippen molar-refractivity contribution in [1.29, 1.82) is 0 Å². The van der Waals surface area contributed by atoms with Gasteiger partial charge in [0.25, 0.3) is 0 Å². The molecule has 0 unspecified atom stereocenters. The lowest BCUT2D eigenvalue weighted by molar-refractivity contribution is -0.120. The molecular weight excluding hydrogens is 353 g/mol. The van der Waals surface area contributed by atoms with Crippen LogP contribution < -0.4 is 10.1 Å². The van der Waals surface area contributed by atoms with Crippen molar-refractivity contribution < 1.29 is 9.53 Å². The predicted octanol–water partition coefficient (Wildman–Crippen LogP) is 4.80. The largest absolute Gasteiger partial charge is 0.497 e. The molecule has 23 heavy (non-hydrogen) atoms. The van der Waals surface area contributed by atoms with E-state index in [9.17, 15) is 4.79 Å². The maximum Gasteiger partial charge on any atom is 0.233 e. The van der Waals surface area contributed by atoms with Crippen LogP contribution in [0.1, 0.15) is 12.5 Å². The molecule has 2 rings (SSSR count). The minimum absolute atomic E-state index is 0.0446. The summed E-state index contributed by atoms with van der Waals surface area (Å²) in [6, 6.07) is 12.9. The molecule has 1 amide bonds. The smallest absolute Gasteiger partial charge is 0.233 e. The van der Waals surface area contributed by atoms with Crippen LogP contribution in [0, 0.1) is 0 Å². The summed E-state index contributed by atoms with van der Waals surface area (Å²) in [7, 11) is 1.63. The minimum atomic E-state index is -0.213. The Kier molecular flexibility index (Phi) is 6.63. The van der Waals surface area contributed by atoms with Crippen LogP contribution in [-0.2, 0) is 11.3 Å². The summed E-state index contributed by atoms with van der Waals surface area (Å²) in [4.78, 5) is 13.2. The van der Waals surface area contributed by atoms with E-state index in [-0.39, 0.29) is 11.2 Å².